The van der Waals surface area contributed by atoms with E-state index in [0.29, 0.717) is 6.04 Å². The van der Waals surface area contributed by atoms with Crippen LogP contribution in [0.3, 0.4) is 0 Å². The lowest BCUT2D eigenvalue weighted by molar-refractivity contribution is -0.138. The molecule has 0 aromatic heterocycles. The first-order valence-corrected chi connectivity index (χ1v) is 5.78. The maximum atomic E-state index is 10.6. The van der Waals surface area contributed by atoms with Gasteiger partial charge in [-0.1, -0.05) is 6.92 Å². The Morgan fingerprint density at radius 3 is 2.53 bits per heavy atom. The van der Waals surface area contributed by atoms with Crippen LogP contribution in [-0.4, -0.2) is 60.1 Å². The summed E-state index contributed by atoms with van der Waals surface area (Å²) >= 11 is 0. The van der Waals surface area contributed by atoms with Crippen LogP contribution in [0.5, 0.6) is 0 Å². The number of rotatable bonds is 5. The Labute approximate surface area is 91.9 Å². The standard InChI is InChI=1S/C11H22N2O2/c1-3-6-13-7-4-10(5-8-13)12(2)9-11(14)15/h10H,3-9H2,1-2H3,(H,14,15). The topological polar surface area (TPSA) is 43.8 Å². The van der Waals surface area contributed by atoms with Crippen LogP contribution in [0.1, 0.15) is 26.2 Å². The SMILES string of the molecule is CCCN1CCC(N(C)CC(=O)O)CC1. The van der Waals surface area contributed by atoms with E-state index in [-0.39, 0.29) is 6.54 Å². The van der Waals surface area contributed by atoms with Crippen molar-refractivity contribution < 1.29 is 9.90 Å². The van der Waals surface area contributed by atoms with Gasteiger partial charge in [0.05, 0.1) is 6.54 Å². The van der Waals surface area contributed by atoms with Gasteiger partial charge in [-0.25, -0.2) is 0 Å². The molecule has 1 fully saturated rings. The number of carboxylic acid groups (broad SMARTS) is 1. The summed E-state index contributed by atoms with van der Waals surface area (Å²) in [5, 5.41) is 8.70. The van der Waals surface area contributed by atoms with Crippen LogP contribution < -0.4 is 0 Å². The molecule has 0 unspecified atom stereocenters. The smallest absolute Gasteiger partial charge is 0.317 e. The molecular weight excluding hydrogens is 192 g/mol. The van der Waals surface area contributed by atoms with Crippen molar-refractivity contribution in [2.75, 3.05) is 33.2 Å². The first kappa shape index (κ1) is 12.5. The molecule has 0 aromatic carbocycles. The van der Waals surface area contributed by atoms with Gasteiger partial charge in [0.1, 0.15) is 0 Å². The first-order chi connectivity index (χ1) is 7.13. The number of likely N-dealkylation sites (tertiary alicyclic amines) is 1. The Hall–Kier alpha value is -0.610. The van der Waals surface area contributed by atoms with Crippen LogP contribution in [-0.2, 0) is 4.79 Å². The predicted molar refractivity (Wildman–Crippen MR) is 60.0 cm³/mol. The zero-order chi connectivity index (χ0) is 11.3. The van der Waals surface area contributed by atoms with Crippen molar-refractivity contribution in [1.82, 2.24) is 9.80 Å². The van der Waals surface area contributed by atoms with Crippen LogP contribution in [0.25, 0.3) is 0 Å². The van der Waals surface area contributed by atoms with Gasteiger partial charge in [-0.2, -0.15) is 0 Å². The highest BCUT2D eigenvalue weighted by Crippen LogP contribution is 2.15. The molecule has 1 N–H and O–H groups in total. The van der Waals surface area contributed by atoms with Gasteiger partial charge in [-0.05, 0) is 45.9 Å². The van der Waals surface area contributed by atoms with Crippen LogP contribution in [0.4, 0.5) is 0 Å². The minimum Gasteiger partial charge on any atom is -0.480 e. The van der Waals surface area contributed by atoms with Gasteiger partial charge >= 0.3 is 5.97 Å². The monoisotopic (exact) mass is 214 g/mol. The van der Waals surface area contributed by atoms with Crippen molar-refractivity contribution in [1.29, 1.82) is 0 Å². The van der Waals surface area contributed by atoms with Gasteiger partial charge in [0.25, 0.3) is 0 Å². The van der Waals surface area contributed by atoms with Crippen molar-refractivity contribution in [2.24, 2.45) is 0 Å². The van der Waals surface area contributed by atoms with Crippen LogP contribution in [0.2, 0.25) is 0 Å². The predicted octanol–water partition coefficient (Wildman–Crippen LogP) is 0.877. The quantitative estimate of drug-likeness (QED) is 0.738. The number of hydrogen-bond acceptors (Lipinski definition) is 3. The number of carboxylic acids is 1. The van der Waals surface area contributed by atoms with Crippen molar-refractivity contribution in [2.45, 2.75) is 32.2 Å². The van der Waals surface area contributed by atoms with Crippen molar-refractivity contribution in [3.05, 3.63) is 0 Å². The second kappa shape index (κ2) is 6.08. The fourth-order valence-electron chi connectivity index (χ4n) is 2.24. The molecule has 1 heterocycles. The molecular formula is C11H22N2O2. The summed E-state index contributed by atoms with van der Waals surface area (Å²) in [5.41, 5.74) is 0. The molecule has 0 aromatic rings. The molecule has 1 aliphatic rings. The normalized spacial score (nSPS) is 19.7. The fourth-order valence-corrected chi connectivity index (χ4v) is 2.24. The summed E-state index contributed by atoms with van der Waals surface area (Å²) in [6.07, 6.45) is 3.41. The minimum absolute atomic E-state index is 0.165. The fraction of sp³-hybridized carbons (Fsp3) is 0.909. The molecule has 88 valence electrons. The third-order valence-corrected chi connectivity index (χ3v) is 3.10. The highest BCUT2D eigenvalue weighted by Gasteiger charge is 2.22. The summed E-state index contributed by atoms with van der Waals surface area (Å²) in [7, 11) is 1.91. The summed E-state index contributed by atoms with van der Waals surface area (Å²) in [5.74, 6) is -0.728. The molecule has 0 bridgehead atoms. The van der Waals surface area contributed by atoms with E-state index in [0.717, 1.165) is 25.9 Å². The molecule has 0 aliphatic carbocycles. The Morgan fingerprint density at radius 2 is 2.07 bits per heavy atom. The molecule has 4 heteroatoms. The third-order valence-electron chi connectivity index (χ3n) is 3.10. The number of likely N-dealkylation sites (N-methyl/N-ethyl adjacent to an activating group) is 1. The van der Waals surface area contributed by atoms with Gasteiger partial charge in [0.15, 0.2) is 0 Å². The third kappa shape index (κ3) is 4.18. The highest BCUT2D eigenvalue weighted by atomic mass is 16.4. The molecule has 1 rings (SSSR count). The molecule has 15 heavy (non-hydrogen) atoms. The molecule has 1 saturated heterocycles. The zero-order valence-corrected chi connectivity index (χ0v) is 9.78. The van der Waals surface area contributed by atoms with Gasteiger partial charge in [-0.3, -0.25) is 9.69 Å². The van der Waals surface area contributed by atoms with Gasteiger partial charge in [0.2, 0.25) is 0 Å². The minimum atomic E-state index is -0.728. The Kier molecular flexibility index (Phi) is 5.05. The van der Waals surface area contributed by atoms with E-state index in [1.165, 1.54) is 13.0 Å². The largest absolute Gasteiger partial charge is 0.480 e. The van der Waals surface area contributed by atoms with Gasteiger partial charge in [-0.15, -0.1) is 0 Å². The average Bonchev–Trinajstić information content (AvgIpc) is 2.18. The number of carbonyl (C=O) groups is 1. The van der Waals surface area contributed by atoms with Crippen LogP contribution >= 0.6 is 0 Å². The van der Waals surface area contributed by atoms with E-state index in [9.17, 15) is 4.79 Å². The van der Waals surface area contributed by atoms with E-state index in [2.05, 4.69) is 11.8 Å². The maximum absolute atomic E-state index is 10.6. The van der Waals surface area contributed by atoms with E-state index in [1.807, 2.05) is 11.9 Å². The second-order valence-electron chi connectivity index (χ2n) is 4.38. The number of hydrogen-bond donors (Lipinski definition) is 1. The second-order valence-corrected chi connectivity index (χ2v) is 4.38. The van der Waals surface area contributed by atoms with E-state index >= 15 is 0 Å². The molecule has 4 nitrogen and oxygen atoms in total. The molecule has 0 spiro atoms. The first-order valence-electron chi connectivity index (χ1n) is 5.78. The summed E-state index contributed by atoms with van der Waals surface area (Å²) < 4.78 is 0. The lowest BCUT2D eigenvalue weighted by atomic mass is 10.0. The van der Waals surface area contributed by atoms with E-state index < -0.39 is 5.97 Å². The number of nitrogens with zero attached hydrogens (tertiary/aromatic N) is 2. The average molecular weight is 214 g/mol. The van der Waals surface area contributed by atoms with E-state index in [4.69, 9.17) is 5.11 Å². The Morgan fingerprint density at radius 1 is 1.47 bits per heavy atom. The lowest BCUT2D eigenvalue weighted by Crippen LogP contribution is -2.45. The van der Waals surface area contributed by atoms with Crippen molar-refractivity contribution in [3.63, 3.8) is 0 Å². The number of piperidine rings is 1. The number of aliphatic carboxylic acids is 1. The van der Waals surface area contributed by atoms with Crippen LogP contribution in [0.15, 0.2) is 0 Å². The van der Waals surface area contributed by atoms with Gasteiger partial charge < -0.3 is 10.0 Å². The molecule has 0 radical (unpaired) electrons. The molecule has 0 saturated carbocycles. The maximum Gasteiger partial charge on any atom is 0.317 e. The van der Waals surface area contributed by atoms with Crippen molar-refractivity contribution in [3.8, 4) is 0 Å². The summed E-state index contributed by atoms with van der Waals surface area (Å²) in [4.78, 5) is 15.0. The zero-order valence-electron chi connectivity index (χ0n) is 9.78. The molecule has 0 atom stereocenters. The van der Waals surface area contributed by atoms with Crippen LogP contribution in [0, 0.1) is 0 Å². The Bertz CT molecular complexity index is 201. The lowest BCUT2D eigenvalue weighted by Gasteiger charge is -2.35. The van der Waals surface area contributed by atoms with Gasteiger partial charge in [0, 0.05) is 6.04 Å². The molecule has 1 aliphatic heterocycles. The van der Waals surface area contributed by atoms with E-state index in [1.54, 1.807) is 0 Å². The highest BCUT2D eigenvalue weighted by molar-refractivity contribution is 5.69. The summed E-state index contributed by atoms with van der Waals surface area (Å²) in [6.45, 7) is 5.77. The Balaban J connectivity index is 2.27. The van der Waals surface area contributed by atoms with Crippen molar-refractivity contribution >= 4 is 5.97 Å². The molecule has 0 amide bonds. The summed E-state index contributed by atoms with van der Waals surface area (Å²) in [6, 6.07) is 0.453.